The Balaban J connectivity index is 1.58. The van der Waals surface area contributed by atoms with Gasteiger partial charge in [0.25, 0.3) is 5.95 Å². The Hall–Kier alpha value is -3.55. The second-order valence-electron chi connectivity index (χ2n) is 12.8. The van der Waals surface area contributed by atoms with Crippen molar-refractivity contribution >= 4 is 29.2 Å². The Kier molecular flexibility index (Phi) is 10.0. The van der Waals surface area contributed by atoms with Crippen molar-refractivity contribution in [3.8, 4) is 0 Å². The standard InChI is InChI=1S/C32H37ClF6N6O2/c1-18-11-25-26(45(30-40-42-43(3)41-30)17-22-12-23(31(34,35)36)15-24(33)13-22)5-4-10-44(29(25)19(2)28(18)32(37,38)39)16-21-8-6-20(7-9-21)14-27(46)47/h11-13,15,20-21,26H,4-10,14,16-17H2,1-3H3,(H,46,47). The average molecular weight is 687 g/mol. The maximum atomic E-state index is 14.5. The van der Waals surface area contributed by atoms with Crippen molar-refractivity contribution in [2.45, 2.75) is 83.7 Å². The molecular weight excluding hydrogens is 650 g/mol. The van der Waals surface area contributed by atoms with Crippen molar-refractivity contribution in [3.63, 3.8) is 0 Å². The van der Waals surface area contributed by atoms with Gasteiger partial charge in [-0.2, -0.15) is 31.1 Å². The third kappa shape index (κ3) is 7.95. The zero-order chi connectivity index (χ0) is 34.3. The highest BCUT2D eigenvalue weighted by Gasteiger charge is 2.40. The molecule has 0 amide bonds. The molecule has 0 saturated heterocycles. The molecule has 5 rings (SSSR count). The van der Waals surface area contributed by atoms with Crippen LogP contribution in [0.15, 0.2) is 24.3 Å². The smallest absolute Gasteiger partial charge is 0.416 e. The number of rotatable bonds is 8. The lowest BCUT2D eigenvalue weighted by molar-refractivity contribution is -0.139. The number of carbonyl (C=O) groups is 1. The van der Waals surface area contributed by atoms with Crippen LogP contribution in [-0.2, 0) is 30.7 Å². The number of carboxylic acids is 1. The van der Waals surface area contributed by atoms with Gasteiger partial charge < -0.3 is 14.9 Å². The summed E-state index contributed by atoms with van der Waals surface area (Å²) in [5, 5.41) is 21.6. The van der Waals surface area contributed by atoms with E-state index in [0.29, 0.717) is 37.2 Å². The van der Waals surface area contributed by atoms with Gasteiger partial charge in [0.15, 0.2) is 0 Å². The minimum absolute atomic E-state index is 0.0453. The third-order valence-corrected chi connectivity index (χ3v) is 9.53. The molecule has 2 heterocycles. The lowest BCUT2D eigenvalue weighted by Crippen LogP contribution is -2.34. The minimum atomic E-state index is -4.64. The van der Waals surface area contributed by atoms with Crippen LogP contribution in [0.4, 0.5) is 38.0 Å². The van der Waals surface area contributed by atoms with Gasteiger partial charge in [-0.1, -0.05) is 22.8 Å². The molecule has 1 saturated carbocycles. The molecule has 3 aromatic rings. The number of aliphatic carboxylic acids is 1. The molecule has 15 heteroatoms. The van der Waals surface area contributed by atoms with Gasteiger partial charge in [0.1, 0.15) is 0 Å². The number of benzene rings is 2. The molecule has 8 nitrogen and oxygen atoms in total. The summed E-state index contributed by atoms with van der Waals surface area (Å²) < 4.78 is 84.6. The Morgan fingerprint density at radius 3 is 2.28 bits per heavy atom. The number of nitrogens with zero attached hydrogens (tertiary/aromatic N) is 6. The number of alkyl halides is 6. The molecule has 47 heavy (non-hydrogen) atoms. The average Bonchev–Trinajstić information content (AvgIpc) is 3.30. The molecule has 1 aromatic heterocycles. The third-order valence-electron chi connectivity index (χ3n) is 9.31. The molecule has 1 atom stereocenters. The van der Waals surface area contributed by atoms with E-state index in [1.807, 2.05) is 4.90 Å². The van der Waals surface area contributed by atoms with Crippen molar-refractivity contribution in [1.29, 1.82) is 0 Å². The first-order valence-corrected chi connectivity index (χ1v) is 15.9. The monoisotopic (exact) mass is 686 g/mol. The summed E-state index contributed by atoms with van der Waals surface area (Å²) in [6.07, 6.45) is -5.06. The highest BCUT2D eigenvalue weighted by Crippen LogP contribution is 2.47. The molecule has 1 fully saturated rings. The summed E-state index contributed by atoms with van der Waals surface area (Å²) >= 11 is 6.12. The van der Waals surface area contributed by atoms with Crippen molar-refractivity contribution < 1.29 is 36.2 Å². The van der Waals surface area contributed by atoms with Gasteiger partial charge in [-0.3, -0.25) is 4.79 Å². The SMILES string of the molecule is Cc1cc2c(c(C)c1C(F)(F)F)N(CC1CCC(CC(=O)O)CC1)CCCC2N(Cc1cc(Cl)cc(C(F)(F)F)c1)c1nnn(C)n1. The number of halogens is 7. The number of hydrogen-bond acceptors (Lipinski definition) is 6. The first kappa shape index (κ1) is 34.8. The number of fused-ring (bicyclic) bond motifs is 1. The minimum Gasteiger partial charge on any atom is -0.481 e. The summed E-state index contributed by atoms with van der Waals surface area (Å²) in [7, 11) is 1.55. The number of anilines is 2. The predicted molar refractivity (Wildman–Crippen MR) is 164 cm³/mol. The van der Waals surface area contributed by atoms with Crippen LogP contribution in [0.1, 0.15) is 84.4 Å². The Morgan fingerprint density at radius 1 is 1.00 bits per heavy atom. The van der Waals surface area contributed by atoms with Crippen molar-refractivity contribution in [2.75, 3.05) is 22.9 Å². The molecule has 2 aromatic carbocycles. The van der Waals surface area contributed by atoms with E-state index >= 15 is 0 Å². The number of carboxylic acid groups (broad SMARTS) is 1. The lowest BCUT2D eigenvalue weighted by atomic mass is 9.80. The largest absolute Gasteiger partial charge is 0.481 e. The zero-order valence-electron chi connectivity index (χ0n) is 26.3. The number of tetrazole rings is 1. The van der Waals surface area contributed by atoms with Gasteiger partial charge >= 0.3 is 18.3 Å². The van der Waals surface area contributed by atoms with Crippen LogP contribution in [0.5, 0.6) is 0 Å². The summed E-state index contributed by atoms with van der Waals surface area (Å²) in [6, 6.07) is 4.21. The van der Waals surface area contributed by atoms with Crippen LogP contribution in [0.2, 0.25) is 5.02 Å². The van der Waals surface area contributed by atoms with Crippen LogP contribution in [0, 0.1) is 25.7 Å². The Morgan fingerprint density at radius 2 is 1.68 bits per heavy atom. The number of aryl methyl sites for hydroxylation is 2. The fourth-order valence-electron chi connectivity index (χ4n) is 7.35. The first-order valence-electron chi connectivity index (χ1n) is 15.6. The molecule has 0 spiro atoms. The number of hydrogen-bond donors (Lipinski definition) is 1. The van der Waals surface area contributed by atoms with Gasteiger partial charge in [0, 0.05) is 36.8 Å². The molecule has 0 radical (unpaired) electrons. The summed E-state index contributed by atoms with van der Waals surface area (Å²) in [6.45, 7) is 3.77. The van der Waals surface area contributed by atoms with Gasteiger partial charge in [-0.05, 0) is 110 Å². The van der Waals surface area contributed by atoms with E-state index in [1.54, 1.807) is 18.0 Å². The van der Waals surface area contributed by atoms with Crippen LogP contribution >= 0.6 is 11.6 Å². The first-order chi connectivity index (χ1) is 22.0. The summed E-state index contributed by atoms with van der Waals surface area (Å²) in [4.78, 5) is 16.2. The van der Waals surface area contributed by atoms with Crippen LogP contribution in [-0.4, -0.2) is 44.4 Å². The number of aromatic nitrogens is 4. The van der Waals surface area contributed by atoms with E-state index < -0.39 is 35.5 Å². The van der Waals surface area contributed by atoms with Crippen LogP contribution < -0.4 is 9.80 Å². The lowest BCUT2D eigenvalue weighted by Gasteiger charge is -2.37. The van der Waals surface area contributed by atoms with Crippen molar-refractivity contribution in [1.82, 2.24) is 20.2 Å². The molecule has 256 valence electrons. The van der Waals surface area contributed by atoms with Gasteiger partial charge in [-0.25, -0.2) is 0 Å². The second-order valence-corrected chi connectivity index (χ2v) is 13.2. The van der Waals surface area contributed by atoms with Crippen molar-refractivity contribution in [2.24, 2.45) is 18.9 Å². The van der Waals surface area contributed by atoms with E-state index in [1.165, 1.54) is 24.7 Å². The molecule has 1 unspecified atom stereocenters. The molecule has 2 aliphatic rings. The maximum Gasteiger partial charge on any atom is 0.416 e. The quantitative estimate of drug-likeness (QED) is 0.239. The van der Waals surface area contributed by atoms with Crippen molar-refractivity contribution in [3.05, 3.63) is 62.7 Å². The zero-order valence-corrected chi connectivity index (χ0v) is 27.1. The van der Waals surface area contributed by atoms with Gasteiger partial charge in [0.2, 0.25) is 0 Å². The highest BCUT2D eigenvalue weighted by molar-refractivity contribution is 6.30. The topological polar surface area (TPSA) is 87.4 Å². The van der Waals surface area contributed by atoms with E-state index in [2.05, 4.69) is 15.4 Å². The van der Waals surface area contributed by atoms with E-state index in [9.17, 15) is 36.2 Å². The molecule has 1 aliphatic heterocycles. The molecule has 1 aliphatic carbocycles. The normalized spacial score (nSPS) is 20.6. The van der Waals surface area contributed by atoms with E-state index in [4.69, 9.17) is 11.6 Å². The Bertz CT molecular complexity index is 1600. The highest BCUT2D eigenvalue weighted by atomic mass is 35.5. The van der Waals surface area contributed by atoms with E-state index in [0.717, 1.165) is 37.8 Å². The Labute approximate surface area is 273 Å². The second kappa shape index (κ2) is 13.5. The predicted octanol–water partition coefficient (Wildman–Crippen LogP) is 8.15. The van der Waals surface area contributed by atoms with Crippen LogP contribution in [0.3, 0.4) is 0 Å². The molecule has 0 bridgehead atoms. The summed E-state index contributed by atoms with van der Waals surface area (Å²) in [5.74, 6) is -0.453. The fourth-order valence-corrected chi connectivity index (χ4v) is 7.61. The van der Waals surface area contributed by atoms with Gasteiger partial charge in [-0.15, -0.1) is 5.10 Å². The molecule has 1 N–H and O–H groups in total. The van der Waals surface area contributed by atoms with E-state index in [-0.39, 0.29) is 52.5 Å². The maximum absolute atomic E-state index is 14.5. The molecular formula is C32H37ClF6N6O2. The van der Waals surface area contributed by atoms with Gasteiger partial charge in [0.05, 0.1) is 24.2 Å². The summed E-state index contributed by atoms with van der Waals surface area (Å²) in [5.41, 5.74) is -0.194. The fraction of sp³-hybridized carbons (Fsp3) is 0.562. The van der Waals surface area contributed by atoms with Crippen LogP contribution in [0.25, 0.3) is 0 Å².